The summed E-state index contributed by atoms with van der Waals surface area (Å²) in [4.78, 5) is 11.8. The van der Waals surface area contributed by atoms with Gasteiger partial charge in [-0.15, -0.1) is 0 Å². The van der Waals surface area contributed by atoms with Crippen molar-refractivity contribution in [3.05, 3.63) is 59.1 Å². The number of rotatable bonds is 5. The van der Waals surface area contributed by atoms with Crippen molar-refractivity contribution in [3.8, 4) is 0 Å². The second-order valence-corrected chi connectivity index (χ2v) is 7.61. The fraction of sp³-hybridized carbons (Fsp3) is 0.188. The molecule has 0 bridgehead atoms. The normalized spacial score (nSPS) is 12.0. The topological polar surface area (TPSA) is 63.2 Å². The molecule has 0 fully saturated rings. The average molecular weight is 392 g/mol. The summed E-state index contributed by atoms with van der Waals surface area (Å²) >= 11 is 5.83. The fourth-order valence-electron chi connectivity index (χ4n) is 2.00. The Morgan fingerprint density at radius 2 is 1.64 bits per heavy atom. The minimum atomic E-state index is -4.47. The summed E-state index contributed by atoms with van der Waals surface area (Å²) < 4.78 is 61.7. The van der Waals surface area contributed by atoms with E-state index in [9.17, 15) is 26.4 Å². The van der Waals surface area contributed by atoms with Crippen LogP contribution in [0.4, 0.5) is 18.9 Å². The van der Waals surface area contributed by atoms with Crippen LogP contribution in [-0.2, 0) is 20.8 Å². The van der Waals surface area contributed by atoms with Crippen LogP contribution in [0.5, 0.6) is 0 Å². The third-order valence-electron chi connectivity index (χ3n) is 3.27. The molecule has 2 aromatic rings. The van der Waals surface area contributed by atoms with E-state index in [4.69, 9.17) is 11.6 Å². The van der Waals surface area contributed by atoms with E-state index in [2.05, 4.69) is 5.32 Å². The zero-order valence-electron chi connectivity index (χ0n) is 12.7. The van der Waals surface area contributed by atoms with Crippen molar-refractivity contribution >= 4 is 33.0 Å². The lowest BCUT2D eigenvalue weighted by Crippen LogP contribution is -2.17. The number of carbonyl (C=O) groups is 1. The zero-order valence-corrected chi connectivity index (χ0v) is 14.3. The average Bonchev–Trinajstić information content (AvgIpc) is 2.53. The van der Waals surface area contributed by atoms with E-state index in [0.717, 1.165) is 24.3 Å². The molecule has 0 aliphatic rings. The van der Waals surface area contributed by atoms with Crippen LogP contribution in [0, 0.1) is 0 Å². The lowest BCUT2D eigenvalue weighted by molar-refractivity contribution is -0.137. The summed E-state index contributed by atoms with van der Waals surface area (Å²) in [5, 5.41) is 2.42. The van der Waals surface area contributed by atoms with E-state index in [1.165, 1.54) is 18.2 Å². The highest BCUT2D eigenvalue weighted by Gasteiger charge is 2.30. The van der Waals surface area contributed by atoms with Gasteiger partial charge >= 0.3 is 6.18 Å². The Morgan fingerprint density at radius 3 is 2.20 bits per heavy atom. The lowest BCUT2D eigenvalue weighted by Gasteiger charge is -2.09. The molecule has 0 aromatic heterocycles. The summed E-state index contributed by atoms with van der Waals surface area (Å²) in [6.07, 6.45) is -4.82. The Bertz CT molecular complexity index is 865. The summed E-state index contributed by atoms with van der Waals surface area (Å²) in [5.74, 6) is -1.10. The number of sulfone groups is 1. The van der Waals surface area contributed by atoms with E-state index >= 15 is 0 Å². The Labute approximate surface area is 147 Å². The highest BCUT2D eigenvalue weighted by Crippen LogP contribution is 2.29. The highest BCUT2D eigenvalue weighted by molar-refractivity contribution is 7.91. The largest absolute Gasteiger partial charge is 0.416 e. The zero-order chi connectivity index (χ0) is 18.7. The van der Waals surface area contributed by atoms with Gasteiger partial charge in [-0.1, -0.05) is 23.7 Å². The van der Waals surface area contributed by atoms with Crippen LogP contribution < -0.4 is 5.32 Å². The summed E-state index contributed by atoms with van der Waals surface area (Å²) in [7, 11) is -3.75. The first-order valence-electron chi connectivity index (χ1n) is 7.04. The number of nitrogens with one attached hydrogen (secondary N) is 1. The standard InChI is InChI=1S/C16H13ClF3NO3S/c17-13-3-1-2-4-14(13)25(23,24)10-9-15(22)21-12-7-5-11(6-8-12)16(18,19)20/h1-8H,9-10H2,(H,21,22). The number of anilines is 1. The molecule has 4 nitrogen and oxygen atoms in total. The third-order valence-corrected chi connectivity index (χ3v) is 5.47. The van der Waals surface area contributed by atoms with Gasteiger partial charge in [0.2, 0.25) is 5.91 Å². The SMILES string of the molecule is O=C(CCS(=O)(=O)c1ccccc1Cl)Nc1ccc(C(F)(F)F)cc1. The molecule has 9 heteroatoms. The second kappa shape index (κ2) is 7.45. The first-order valence-corrected chi connectivity index (χ1v) is 9.07. The number of halogens is 4. The van der Waals surface area contributed by atoms with E-state index < -0.39 is 33.2 Å². The van der Waals surface area contributed by atoms with Gasteiger partial charge < -0.3 is 5.32 Å². The van der Waals surface area contributed by atoms with Crippen LogP contribution in [0.15, 0.2) is 53.4 Å². The maximum absolute atomic E-state index is 12.5. The maximum atomic E-state index is 12.5. The van der Waals surface area contributed by atoms with Gasteiger partial charge in [0.25, 0.3) is 0 Å². The predicted octanol–water partition coefficient (Wildman–Crippen LogP) is 4.16. The van der Waals surface area contributed by atoms with Gasteiger partial charge in [-0.3, -0.25) is 4.79 Å². The van der Waals surface area contributed by atoms with Crippen molar-refractivity contribution < 1.29 is 26.4 Å². The van der Waals surface area contributed by atoms with Crippen LogP contribution in [0.3, 0.4) is 0 Å². The molecule has 1 N–H and O–H groups in total. The molecule has 25 heavy (non-hydrogen) atoms. The van der Waals surface area contributed by atoms with Crippen molar-refractivity contribution in [3.63, 3.8) is 0 Å². The molecule has 0 radical (unpaired) electrons. The Hall–Kier alpha value is -2.06. The number of hydrogen-bond donors (Lipinski definition) is 1. The van der Waals surface area contributed by atoms with Crippen molar-refractivity contribution in [1.82, 2.24) is 0 Å². The monoisotopic (exact) mass is 391 g/mol. The summed E-state index contributed by atoms with van der Waals surface area (Å²) in [6.45, 7) is 0. The van der Waals surface area contributed by atoms with Gasteiger partial charge in [0, 0.05) is 12.1 Å². The highest BCUT2D eigenvalue weighted by atomic mass is 35.5. The second-order valence-electron chi connectivity index (χ2n) is 5.12. The number of carbonyl (C=O) groups excluding carboxylic acids is 1. The minimum absolute atomic E-state index is 0.0608. The quantitative estimate of drug-likeness (QED) is 0.832. The molecule has 2 rings (SSSR count). The number of benzene rings is 2. The van der Waals surface area contributed by atoms with E-state index in [0.29, 0.717) is 0 Å². The third kappa shape index (κ3) is 5.20. The fourth-order valence-corrected chi connectivity index (χ4v) is 3.81. The molecule has 1 amide bonds. The van der Waals surface area contributed by atoms with Gasteiger partial charge in [0.1, 0.15) is 0 Å². The molecular formula is C16H13ClF3NO3S. The van der Waals surface area contributed by atoms with Crippen molar-refractivity contribution in [2.24, 2.45) is 0 Å². The van der Waals surface area contributed by atoms with Crippen LogP contribution in [0.1, 0.15) is 12.0 Å². The smallest absolute Gasteiger partial charge is 0.326 e. The van der Waals surface area contributed by atoms with Gasteiger partial charge in [0.05, 0.1) is 21.2 Å². The number of amides is 1. The van der Waals surface area contributed by atoms with Crippen molar-refractivity contribution in [2.75, 3.05) is 11.1 Å². The van der Waals surface area contributed by atoms with Crippen LogP contribution in [-0.4, -0.2) is 20.1 Å². The van der Waals surface area contributed by atoms with Gasteiger partial charge in [0.15, 0.2) is 9.84 Å². The molecule has 0 atom stereocenters. The molecule has 0 saturated carbocycles. The summed E-state index contributed by atoms with van der Waals surface area (Å²) in [5.41, 5.74) is -0.695. The van der Waals surface area contributed by atoms with E-state index in [1.807, 2.05) is 0 Å². The first kappa shape index (κ1) is 19.3. The Balaban J connectivity index is 1.98. The van der Waals surface area contributed by atoms with Crippen molar-refractivity contribution in [2.45, 2.75) is 17.5 Å². The summed E-state index contributed by atoms with van der Waals surface area (Å²) in [6, 6.07) is 9.72. The van der Waals surface area contributed by atoms with Gasteiger partial charge in [-0.05, 0) is 36.4 Å². The maximum Gasteiger partial charge on any atom is 0.416 e. The van der Waals surface area contributed by atoms with Crippen LogP contribution >= 0.6 is 11.6 Å². The molecule has 0 heterocycles. The molecule has 0 aliphatic carbocycles. The van der Waals surface area contributed by atoms with Crippen LogP contribution in [0.25, 0.3) is 0 Å². The molecule has 0 unspecified atom stereocenters. The molecule has 0 spiro atoms. The molecule has 134 valence electrons. The minimum Gasteiger partial charge on any atom is -0.326 e. The predicted molar refractivity (Wildman–Crippen MR) is 88.2 cm³/mol. The van der Waals surface area contributed by atoms with E-state index in [-0.39, 0.29) is 22.0 Å². The molecule has 0 aliphatic heterocycles. The van der Waals surface area contributed by atoms with Gasteiger partial charge in [-0.2, -0.15) is 13.2 Å². The first-order chi connectivity index (χ1) is 11.6. The molecule has 0 saturated heterocycles. The Morgan fingerprint density at radius 1 is 1.04 bits per heavy atom. The molecule has 2 aromatic carbocycles. The lowest BCUT2D eigenvalue weighted by atomic mass is 10.2. The van der Waals surface area contributed by atoms with Gasteiger partial charge in [-0.25, -0.2) is 8.42 Å². The Kier molecular flexibility index (Phi) is 5.74. The van der Waals surface area contributed by atoms with Crippen molar-refractivity contribution in [1.29, 1.82) is 0 Å². The number of hydrogen-bond acceptors (Lipinski definition) is 3. The number of alkyl halides is 3. The van der Waals surface area contributed by atoms with Crippen LogP contribution in [0.2, 0.25) is 5.02 Å². The molecular weight excluding hydrogens is 379 g/mol. The van der Waals surface area contributed by atoms with E-state index in [1.54, 1.807) is 6.07 Å².